The number of fused-ring (bicyclic) bond motifs is 1. The Morgan fingerprint density at radius 2 is 2.10 bits per heavy atom. The number of hydrogen-bond donors (Lipinski definition) is 0. The van der Waals surface area contributed by atoms with Gasteiger partial charge in [0.2, 0.25) is 5.91 Å². The Morgan fingerprint density at radius 1 is 1.35 bits per heavy atom. The summed E-state index contributed by atoms with van der Waals surface area (Å²) in [6, 6.07) is 4.69. The number of anilines is 1. The molecule has 2 aliphatic heterocycles. The second-order valence-corrected chi connectivity index (χ2v) is 7.78. The molecule has 7 heteroatoms. The third-order valence-electron chi connectivity index (χ3n) is 3.87. The van der Waals surface area contributed by atoms with Gasteiger partial charge >= 0.3 is 0 Å². The summed E-state index contributed by atoms with van der Waals surface area (Å²) in [6.07, 6.45) is 0.263. The van der Waals surface area contributed by atoms with Gasteiger partial charge in [-0.25, -0.2) is 8.42 Å². The predicted molar refractivity (Wildman–Crippen MR) is 76.0 cm³/mol. The number of halogens is 1. The van der Waals surface area contributed by atoms with Crippen molar-refractivity contribution in [1.29, 1.82) is 0 Å². The first-order valence-electron chi connectivity index (χ1n) is 6.27. The SMILES string of the molecule is COc1ccc(Cl)cc1N1C(=O)C[C@@H]2CS(=O)(=O)C[C@@H]21. The molecule has 0 aliphatic carbocycles. The number of rotatable bonds is 2. The lowest BCUT2D eigenvalue weighted by molar-refractivity contribution is -0.117. The van der Waals surface area contributed by atoms with Crippen molar-refractivity contribution in [1.82, 2.24) is 0 Å². The maximum Gasteiger partial charge on any atom is 0.227 e. The smallest absolute Gasteiger partial charge is 0.227 e. The maximum atomic E-state index is 12.2. The molecule has 0 N–H and O–H groups in total. The van der Waals surface area contributed by atoms with Crippen molar-refractivity contribution in [2.45, 2.75) is 12.5 Å². The Hall–Kier alpha value is -1.27. The van der Waals surface area contributed by atoms with Crippen molar-refractivity contribution in [2.24, 2.45) is 5.92 Å². The van der Waals surface area contributed by atoms with Crippen molar-refractivity contribution in [2.75, 3.05) is 23.5 Å². The molecule has 2 heterocycles. The van der Waals surface area contributed by atoms with Crippen LogP contribution in [0.3, 0.4) is 0 Å². The molecule has 0 bridgehead atoms. The van der Waals surface area contributed by atoms with Crippen LogP contribution in [0.25, 0.3) is 0 Å². The van der Waals surface area contributed by atoms with E-state index in [9.17, 15) is 13.2 Å². The lowest BCUT2D eigenvalue weighted by atomic mass is 10.0. The number of amides is 1. The van der Waals surface area contributed by atoms with E-state index in [0.29, 0.717) is 16.5 Å². The van der Waals surface area contributed by atoms with Crippen molar-refractivity contribution in [3.05, 3.63) is 23.2 Å². The highest BCUT2D eigenvalue weighted by Crippen LogP contribution is 2.41. The van der Waals surface area contributed by atoms with Crippen LogP contribution >= 0.6 is 11.6 Å². The summed E-state index contributed by atoms with van der Waals surface area (Å²) >= 11 is 5.99. The molecule has 1 aromatic rings. The minimum Gasteiger partial charge on any atom is -0.495 e. The van der Waals surface area contributed by atoms with Gasteiger partial charge in [0.15, 0.2) is 9.84 Å². The topological polar surface area (TPSA) is 63.7 Å². The standard InChI is InChI=1S/C13H14ClNO4S/c1-19-12-3-2-9(14)5-10(12)15-11-7-20(17,18)6-8(11)4-13(15)16/h2-3,5,8,11H,4,6-7H2,1H3/t8-,11+/m1/s1. The van der Waals surface area contributed by atoms with Crippen LogP contribution in [0.1, 0.15) is 6.42 Å². The van der Waals surface area contributed by atoms with E-state index < -0.39 is 9.84 Å². The van der Waals surface area contributed by atoms with E-state index in [4.69, 9.17) is 16.3 Å². The molecule has 0 spiro atoms. The number of sulfone groups is 1. The quantitative estimate of drug-likeness (QED) is 0.829. The zero-order chi connectivity index (χ0) is 14.5. The summed E-state index contributed by atoms with van der Waals surface area (Å²) in [5.74, 6) is 0.418. The molecular formula is C13H14ClNO4S. The molecule has 0 saturated carbocycles. The molecule has 20 heavy (non-hydrogen) atoms. The summed E-state index contributed by atoms with van der Waals surface area (Å²) in [7, 11) is -1.56. The monoisotopic (exact) mass is 315 g/mol. The number of benzene rings is 1. The van der Waals surface area contributed by atoms with Gasteiger partial charge in [-0.2, -0.15) is 0 Å². The Morgan fingerprint density at radius 3 is 2.80 bits per heavy atom. The van der Waals surface area contributed by atoms with Gasteiger partial charge in [-0.15, -0.1) is 0 Å². The predicted octanol–water partition coefficient (Wildman–Crippen LogP) is 1.50. The molecule has 0 radical (unpaired) electrons. The van der Waals surface area contributed by atoms with E-state index in [2.05, 4.69) is 0 Å². The Balaban J connectivity index is 2.05. The van der Waals surface area contributed by atoms with E-state index in [-0.39, 0.29) is 35.8 Å². The Labute approximate surface area is 122 Å². The molecular weight excluding hydrogens is 302 g/mol. The molecule has 2 aliphatic rings. The maximum absolute atomic E-state index is 12.2. The fourth-order valence-electron chi connectivity index (χ4n) is 3.05. The largest absolute Gasteiger partial charge is 0.495 e. The van der Waals surface area contributed by atoms with Crippen LogP contribution in [-0.4, -0.2) is 39.0 Å². The van der Waals surface area contributed by atoms with Crippen LogP contribution in [0.4, 0.5) is 5.69 Å². The third kappa shape index (κ3) is 2.16. The summed E-state index contributed by atoms with van der Waals surface area (Å²) in [4.78, 5) is 13.8. The number of methoxy groups -OCH3 is 1. The van der Waals surface area contributed by atoms with Gasteiger partial charge in [0, 0.05) is 17.4 Å². The van der Waals surface area contributed by atoms with Crippen LogP contribution in [0.5, 0.6) is 5.75 Å². The summed E-state index contributed by atoms with van der Waals surface area (Å²) in [6.45, 7) is 0. The first kappa shape index (κ1) is 13.7. The third-order valence-corrected chi connectivity index (χ3v) is 5.89. The van der Waals surface area contributed by atoms with Crippen LogP contribution < -0.4 is 9.64 Å². The fourth-order valence-corrected chi connectivity index (χ4v) is 5.29. The lowest BCUT2D eigenvalue weighted by Gasteiger charge is -2.25. The number of ether oxygens (including phenoxy) is 1. The molecule has 1 aromatic carbocycles. The summed E-state index contributed by atoms with van der Waals surface area (Å²) in [5, 5.41) is 0.484. The molecule has 2 fully saturated rings. The van der Waals surface area contributed by atoms with Gasteiger partial charge in [0.1, 0.15) is 5.75 Å². The van der Waals surface area contributed by atoms with E-state index in [1.165, 1.54) is 7.11 Å². The highest BCUT2D eigenvalue weighted by molar-refractivity contribution is 7.91. The normalized spacial score (nSPS) is 27.7. The van der Waals surface area contributed by atoms with E-state index in [1.54, 1.807) is 23.1 Å². The summed E-state index contributed by atoms with van der Waals surface area (Å²) < 4.78 is 28.8. The van der Waals surface area contributed by atoms with E-state index in [1.807, 2.05) is 0 Å². The molecule has 0 aromatic heterocycles. The highest BCUT2D eigenvalue weighted by Gasteiger charge is 2.49. The minimum absolute atomic E-state index is 0.0130. The van der Waals surface area contributed by atoms with Gasteiger partial charge in [-0.1, -0.05) is 11.6 Å². The highest BCUT2D eigenvalue weighted by atomic mass is 35.5. The van der Waals surface area contributed by atoms with Crippen LogP contribution in [0.2, 0.25) is 5.02 Å². The molecule has 108 valence electrons. The van der Waals surface area contributed by atoms with Gasteiger partial charge in [0.25, 0.3) is 0 Å². The second kappa shape index (κ2) is 4.63. The zero-order valence-electron chi connectivity index (χ0n) is 10.9. The first-order valence-corrected chi connectivity index (χ1v) is 8.47. The van der Waals surface area contributed by atoms with Crippen molar-refractivity contribution in [3.63, 3.8) is 0 Å². The molecule has 1 amide bonds. The molecule has 0 unspecified atom stereocenters. The first-order chi connectivity index (χ1) is 9.41. The van der Waals surface area contributed by atoms with Crippen LogP contribution in [0, 0.1) is 5.92 Å². The number of hydrogen-bond acceptors (Lipinski definition) is 4. The Bertz CT molecular complexity index is 673. The average molecular weight is 316 g/mol. The van der Waals surface area contributed by atoms with Gasteiger partial charge in [-0.3, -0.25) is 4.79 Å². The molecule has 5 nitrogen and oxygen atoms in total. The van der Waals surface area contributed by atoms with Crippen molar-refractivity contribution < 1.29 is 17.9 Å². The van der Waals surface area contributed by atoms with Crippen molar-refractivity contribution >= 4 is 33.0 Å². The number of carbonyl (C=O) groups excluding carboxylic acids is 1. The van der Waals surface area contributed by atoms with Gasteiger partial charge in [0.05, 0.1) is 30.3 Å². The van der Waals surface area contributed by atoms with E-state index >= 15 is 0 Å². The minimum atomic E-state index is -3.07. The zero-order valence-corrected chi connectivity index (χ0v) is 12.4. The van der Waals surface area contributed by atoms with Gasteiger partial charge < -0.3 is 9.64 Å². The summed E-state index contributed by atoms with van der Waals surface area (Å²) in [5.41, 5.74) is 0.551. The van der Waals surface area contributed by atoms with Gasteiger partial charge in [-0.05, 0) is 18.2 Å². The second-order valence-electron chi connectivity index (χ2n) is 5.19. The average Bonchev–Trinajstić information content (AvgIpc) is 2.79. The number of nitrogens with zero attached hydrogens (tertiary/aromatic N) is 1. The molecule has 3 rings (SSSR count). The molecule has 2 atom stereocenters. The lowest BCUT2D eigenvalue weighted by Crippen LogP contribution is -2.36. The van der Waals surface area contributed by atoms with Crippen LogP contribution in [0.15, 0.2) is 18.2 Å². The fraction of sp³-hybridized carbons (Fsp3) is 0.462. The van der Waals surface area contributed by atoms with Crippen molar-refractivity contribution in [3.8, 4) is 5.75 Å². The Kier molecular flexibility index (Phi) is 3.17. The number of carbonyl (C=O) groups is 1. The molecule has 2 saturated heterocycles. The van der Waals surface area contributed by atoms with Crippen LogP contribution in [-0.2, 0) is 14.6 Å². The van der Waals surface area contributed by atoms with E-state index in [0.717, 1.165) is 0 Å².